The number of rotatable bonds is 1. The van der Waals surface area contributed by atoms with Gasteiger partial charge in [0.2, 0.25) is 5.91 Å². The first-order chi connectivity index (χ1) is 8.74. The third-order valence-electron chi connectivity index (χ3n) is 2.77. The molecule has 2 aromatic rings. The summed E-state index contributed by atoms with van der Waals surface area (Å²) in [5, 5.41) is 2.26. The molecule has 1 aliphatic heterocycles. The summed E-state index contributed by atoms with van der Waals surface area (Å²) in [5.74, 6) is 0.198. The lowest BCUT2D eigenvalue weighted by atomic mass is 10.3. The van der Waals surface area contributed by atoms with Gasteiger partial charge in [-0.2, -0.15) is 0 Å². The Hall–Kier alpha value is -2.50. The lowest BCUT2D eigenvalue weighted by Gasteiger charge is -2.25. The summed E-state index contributed by atoms with van der Waals surface area (Å²) in [5.41, 5.74) is 1.49. The number of carbonyl (C=O) groups is 2. The minimum absolute atomic E-state index is 0.259. The van der Waals surface area contributed by atoms with Crippen LogP contribution in [0.1, 0.15) is 6.42 Å². The van der Waals surface area contributed by atoms with Gasteiger partial charge in [-0.3, -0.25) is 20.0 Å². The van der Waals surface area contributed by atoms with Gasteiger partial charge in [-0.1, -0.05) is 12.1 Å². The molecular weight excluding hydrogens is 232 g/mol. The summed E-state index contributed by atoms with van der Waals surface area (Å²) in [4.78, 5) is 32.8. The molecule has 90 valence electrons. The Labute approximate surface area is 103 Å². The molecule has 0 atom stereocenters. The molecule has 0 bridgehead atoms. The summed E-state index contributed by atoms with van der Waals surface area (Å²) in [6.45, 7) is 0.331. The van der Waals surface area contributed by atoms with Gasteiger partial charge in [0.05, 0.1) is 17.2 Å². The molecule has 1 N–H and O–H groups in total. The quantitative estimate of drug-likeness (QED) is 0.811. The van der Waals surface area contributed by atoms with E-state index >= 15 is 0 Å². The number of hydrogen-bond donors (Lipinski definition) is 1. The third kappa shape index (κ3) is 1.77. The number of fused-ring (bicyclic) bond motifs is 1. The second-order valence-electron chi connectivity index (χ2n) is 3.97. The molecule has 1 aliphatic rings. The van der Waals surface area contributed by atoms with E-state index in [1.165, 1.54) is 11.1 Å². The lowest BCUT2D eigenvalue weighted by Crippen LogP contribution is -2.49. The van der Waals surface area contributed by atoms with Crippen LogP contribution in [0.25, 0.3) is 11.0 Å². The summed E-state index contributed by atoms with van der Waals surface area (Å²) in [6.07, 6.45) is 1.82. The molecule has 18 heavy (non-hydrogen) atoms. The molecular formula is C12H10N4O2. The molecule has 2 heterocycles. The predicted octanol–water partition coefficient (Wildman–Crippen LogP) is 1.08. The fraction of sp³-hybridized carbons (Fsp3) is 0.167. The maximum absolute atomic E-state index is 11.7. The monoisotopic (exact) mass is 242 g/mol. The number of anilines is 1. The van der Waals surface area contributed by atoms with Crippen molar-refractivity contribution in [1.82, 2.24) is 15.3 Å². The molecule has 3 rings (SSSR count). The van der Waals surface area contributed by atoms with E-state index in [-0.39, 0.29) is 12.3 Å². The van der Waals surface area contributed by atoms with Crippen molar-refractivity contribution in [2.75, 3.05) is 11.4 Å². The summed E-state index contributed by atoms with van der Waals surface area (Å²) >= 11 is 0. The first-order valence-electron chi connectivity index (χ1n) is 5.57. The highest BCUT2D eigenvalue weighted by atomic mass is 16.2. The number of carbonyl (C=O) groups excluding carboxylic acids is 2. The number of urea groups is 1. The van der Waals surface area contributed by atoms with E-state index in [0.717, 1.165) is 11.0 Å². The van der Waals surface area contributed by atoms with Gasteiger partial charge in [-0.05, 0) is 12.1 Å². The zero-order chi connectivity index (χ0) is 12.5. The predicted molar refractivity (Wildman–Crippen MR) is 65.0 cm³/mol. The molecule has 0 unspecified atom stereocenters. The van der Waals surface area contributed by atoms with Crippen molar-refractivity contribution in [3.63, 3.8) is 0 Å². The standard InChI is InChI=1S/C12H10N4O2/c17-11-5-6-16(12(18)15-11)10-7-13-8-3-1-2-4-9(8)14-10/h1-4,7H,5-6H2,(H,15,17,18). The summed E-state index contributed by atoms with van der Waals surface area (Å²) in [6, 6.07) is 6.98. The molecule has 1 aromatic carbocycles. The van der Waals surface area contributed by atoms with Crippen molar-refractivity contribution in [3.8, 4) is 0 Å². The highest BCUT2D eigenvalue weighted by Crippen LogP contribution is 2.17. The van der Waals surface area contributed by atoms with Crippen molar-refractivity contribution >= 4 is 28.8 Å². The smallest absolute Gasteiger partial charge is 0.278 e. The van der Waals surface area contributed by atoms with Gasteiger partial charge in [-0.25, -0.2) is 9.78 Å². The summed E-state index contributed by atoms with van der Waals surface area (Å²) in [7, 11) is 0. The van der Waals surface area contributed by atoms with Gasteiger partial charge >= 0.3 is 6.03 Å². The number of hydrogen-bond acceptors (Lipinski definition) is 4. The Morgan fingerprint density at radius 2 is 1.94 bits per heavy atom. The van der Waals surface area contributed by atoms with E-state index in [1.54, 1.807) is 0 Å². The van der Waals surface area contributed by atoms with Crippen molar-refractivity contribution in [2.24, 2.45) is 0 Å². The average molecular weight is 242 g/mol. The lowest BCUT2D eigenvalue weighted by molar-refractivity contribution is -0.120. The largest absolute Gasteiger partial charge is 0.329 e. The second-order valence-corrected chi connectivity index (χ2v) is 3.97. The maximum Gasteiger partial charge on any atom is 0.329 e. The molecule has 1 fully saturated rings. The van der Waals surface area contributed by atoms with Crippen LogP contribution in [0, 0.1) is 0 Å². The summed E-state index contributed by atoms with van der Waals surface area (Å²) < 4.78 is 0. The fourth-order valence-corrected chi connectivity index (χ4v) is 1.86. The van der Waals surface area contributed by atoms with Crippen molar-refractivity contribution < 1.29 is 9.59 Å². The first kappa shape index (κ1) is 10.6. The molecule has 1 aromatic heterocycles. The SMILES string of the molecule is O=C1CCN(c2cnc3ccccc3n2)C(=O)N1. The second kappa shape index (κ2) is 4.06. The number of amides is 3. The van der Waals surface area contributed by atoms with Crippen LogP contribution in [0.4, 0.5) is 10.6 Å². The number of nitrogens with zero attached hydrogens (tertiary/aromatic N) is 3. The van der Waals surface area contributed by atoms with Gasteiger partial charge in [0, 0.05) is 13.0 Å². The van der Waals surface area contributed by atoms with Crippen LogP contribution in [-0.2, 0) is 4.79 Å². The van der Waals surface area contributed by atoms with Crippen LogP contribution in [0.2, 0.25) is 0 Å². The van der Waals surface area contributed by atoms with Gasteiger partial charge in [0.25, 0.3) is 0 Å². The zero-order valence-corrected chi connectivity index (χ0v) is 9.46. The Morgan fingerprint density at radius 1 is 1.17 bits per heavy atom. The molecule has 0 spiro atoms. The topological polar surface area (TPSA) is 75.2 Å². The minimum atomic E-state index is -0.448. The van der Waals surface area contributed by atoms with Crippen LogP contribution in [0.15, 0.2) is 30.5 Å². The maximum atomic E-state index is 11.7. The molecule has 0 radical (unpaired) electrons. The van der Waals surface area contributed by atoms with Crippen LogP contribution in [-0.4, -0.2) is 28.5 Å². The first-order valence-corrected chi connectivity index (χ1v) is 5.57. The normalized spacial score (nSPS) is 15.9. The fourth-order valence-electron chi connectivity index (χ4n) is 1.86. The number of para-hydroxylation sites is 2. The Kier molecular flexibility index (Phi) is 2.40. The zero-order valence-electron chi connectivity index (χ0n) is 9.46. The number of imide groups is 1. The number of nitrogens with one attached hydrogen (secondary N) is 1. The van der Waals surface area contributed by atoms with Crippen molar-refractivity contribution in [1.29, 1.82) is 0 Å². The molecule has 0 saturated carbocycles. The van der Waals surface area contributed by atoms with Crippen LogP contribution >= 0.6 is 0 Å². The Morgan fingerprint density at radius 3 is 2.72 bits per heavy atom. The average Bonchev–Trinajstić information content (AvgIpc) is 2.38. The molecule has 0 aliphatic carbocycles. The van der Waals surface area contributed by atoms with E-state index in [2.05, 4.69) is 15.3 Å². The highest BCUT2D eigenvalue weighted by molar-refractivity contribution is 6.05. The molecule has 6 nitrogen and oxygen atoms in total. The van der Waals surface area contributed by atoms with Gasteiger partial charge in [0.1, 0.15) is 0 Å². The van der Waals surface area contributed by atoms with Gasteiger partial charge in [-0.15, -0.1) is 0 Å². The van der Waals surface area contributed by atoms with E-state index in [1.807, 2.05) is 24.3 Å². The van der Waals surface area contributed by atoms with E-state index in [0.29, 0.717) is 12.4 Å². The van der Waals surface area contributed by atoms with E-state index in [4.69, 9.17) is 0 Å². The Bertz CT molecular complexity index is 641. The number of aromatic nitrogens is 2. The number of benzene rings is 1. The van der Waals surface area contributed by atoms with Crippen molar-refractivity contribution in [2.45, 2.75) is 6.42 Å². The van der Waals surface area contributed by atoms with Gasteiger partial charge in [0.15, 0.2) is 5.82 Å². The van der Waals surface area contributed by atoms with Crippen LogP contribution in [0.3, 0.4) is 0 Å². The van der Waals surface area contributed by atoms with E-state index in [9.17, 15) is 9.59 Å². The van der Waals surface area contributed by atoms with E-state index < -0.39 is 6.03 Å². The molecule has 6 heteroatoms. The van der Waals surface area contributed by atoms with Crippen LogP contribution < -0.4 is 10.2 Å². The highest BCUT2D eigenvalue weighted by Gasteiger charge is 2.25. The minimum Gasteiger partial charge on any atom is -0.278 e. The van der Waals surface area contributed by atoms with Gasteiger partial charge < -0.3 is 0 Å². The third-order valence-corrected chi connectivity index (χ3v) is 2.77. The Balaban J connectivity index is 1.99. The molecule has 1 saturated heterocycles. The van der Waals surface area contributed by atoms with Crippen molar-refractivity contribution in [3.05, 3.63) is 30.5 Å². The van der Waals surface area contributed by atoms with Crippen LogP contribution in [0.5, 0.6) is 0 Å². The molecule has 3 amide bonds.